The average Bonchev–Trinajstić information content (AvgIpc) is 2.29. The van der Waals surface area contributed by atoms with Crippen LogP contribution in [0.1, 0.15) is 37.3 Å². The van der Waals surface area contributed by atoms with Crippen LogP contribution in [0.25, 0.3) is 0 Å². The number of pyridine rings is 1. The number of hydrogen-bond donors (Lipinski definition) is 0. The van der Waals surface area contributed by atoms with Crippen LogP contribution in [0.5, 0.6) is 0 Å². The van der Waals surface area contributed by atoms with Crippen molar-refractivity contribution in [3.8, 4) is 0 Å². The fraction of sp³-hybridized carbons (Fsp3) is 0.615. The Morgan fingerprint density at radius 3 is 2.69 bits per heavy atom. The molecule has 0 fully saturated rings. The highest BCUT2D eigenvalue weighted by Gasteiger charge is 2.06. The molecule has 2 nitrogen and oxygen atoms in total. The smallest absolute Gasteiger partial charge is 0.131 e. The lowest BCUT2D eigenvalue weighted by atomic mass is 10.2. The lowest BCUT2D eigenvalue weighted by Gasteiger charge is -2.20. The zero-order chi connectivity index (χ0) is 12.0. The van der Waals surface area contributed by atoms with Gasteiger partial charge >= 0.3 is 0 Å². The summed E-state index contributed by atoms with van der Waals surface area (Å²) in [5.74, 6) is 1.61. The van der Waals surface area contributed by atoms with Gasteiger partial charge in [-0.25, -0.2) is 4.98 Å². The minimum Gasteiger partial charge on any atom is -0.359 e. The maximum atomic E-state index is 5.78. The van der Waals surface area contributed by atoms with Crippen molar-refractivity contribution >= 4 is 17.4 Å². The molecule has 1 heterocycles. The van der Waals surface area contributed by atoms with Crippen LogP contribution in [-0.4, -0.2) is 18.6 Å². The normalized spacial score (nSPS) is 10.5. The third-order valence-electron chi connectivity index (χ3n) is 2.72. The molecule has 0 aliphatic rings. The molecular formula is C13H21ClN2. The van der Waals surface area contributed by atoms with Crippen molar-refractivity contribution in [2.75, 3.05) is 18.5 Å². The van der Waals surface area contributed by atoms with Gasteiger partial charge in [-0.15, -0.1) is 11.6 Å². The second-order valence-electron chi connectivity index (χ2n) is 4.25. The number of alkyl halides is 1. The summed E-state index contributed by atoms with van der Waals surface area (Å²) in [4.78, 5) is 6.69. The summed E-state index contributed by atoms with van der Waals surface area (Å²) in [6.07, 6.45) is 5.63. The van der Waals surface area contributed by atoms with Crippen LogP contribution in [0.3, 0.4) is 0 Å². The van der Waals surface area contributed by atoms with E-state index < -0.39 is 0 Å². The molecule has 1 aromatic heterocycles. The van der Waals surface area contributed by atoms with Crippen molar-refractivity contribution in [1.29, 1.82) is 0 Å². The highest BCUT2D eigenvalue weighted by molar-refractivity contribution is 6.17. The first-order valence-electron chi connectivity index (χ1n) is 5.91. The number of halogens is 1. The van der Waals surface area contributed by atoms with E-state index in [1.165, 1.54) is 24.8 Å². The number of hydrogen-bond acceptors (Lipinski definition) is 2. The molecule has 0 spiro atoms. The van der Waals surface area contributed by atoms with Crippen molar-refractivity contribution in [3.05, 3.63) is 23.4 Å². The maximum absolute atomic E-state index is 5.78. The van der Waals surface area contributed by atoms with Crippen LogP contribution in [-0.2, 0) is 5.88 Å². The monoisotopic (exact) mass is 240 g/mol. The molecule has 0 aliphatic carbocycles. The molecule has 3 heteroatoms. The number of anilines is 1. The number of nitrogens with zero attached hydrogens (tertiary/aromatic N) is 2. The van der Waals surface area contributed by atoms with Crippen LogP contribution < -0.4 is 4.90 Å². The first kappa shape index (κ1) is 13.3. The van der Waals surface area contributed by atoms with Crippen molar-refractivity contribution in [1.82, 2.24) is 4.98 Å². The van der Waals surface area contributed by atoms with E-state index >= 15 is 0 Å². The van der Waals surface area contributed by atoms with Crippen molar-refractivity contribution < 1.29 is 0 Å². The van der Waals surface area contributed by atoms with E-state index in [9.17, 15) is 0 Å². The predicted octanol–water partition coefficient (Wildman–Crippen LogP) is 3.76. The van der Waals surface area contributed by atoms with Gasteiger partial charge in [0.05, 0.1) is 0 Å². The zero-order valence-corrected chi connectivity index (χ0v) is 11.2. The third kappa shape index (κ3) is 3.67. The van der Waals surface area contributed by atoms with Gasteiger partial charge in [0, 0.05) is 25.7 Å². The summed E-state index contributed by atoms with van der Waals surface area (Å²) >= 11 is 5.78. The minimum atomic E-state index is 0.535. The van der Waals surface area contributed by atoms with E-state index in [0.29, 0.717) is 5.88 Å². The molecule has 1 aromatic rings. The Kier molecular flexibility index (Phi) is 5.61. The van der Waals surface area contributed by atoms with Gasteiger partial charge in [-0.3, -0.25) is 0 Å². The van der Waals surface area contributed by atoms with Crippen LogP contribution in [0.2, 0.25) is 0 Å². The van der Waals surface area contributed by atoms with Gasteiger partial charge in [0.25, 0.3) is 0 Å². The number of aromatic nitrogens is 1. The number of unbranched alkanes of at least 4 members (excludes halogenated alkanes) is 2. The zero-order valence-electron chi connectivity index (χ0n) is 10.5. The molecule has 0 bridgehead atoms. The Labute approximate surface area is 104 Å². The van der Waals surface area contributed by atoms with Gasteiger partial charge in [-0.2, -0.15) is 0 Å². The Morgan fingerprint density at radius 2 is 2.12 bits per heavy atom. The Hall–Kier alpha value is -0.760. The first-order chi connectivity index (χ1) is 7.69. The largest absolute Gasteiger partial charge is 0.359 e. The van der Waals surface area contributed by atoms with E-state index in [2.05, 4.69) is 36.8 Å². The molecule has 0 saturated heterocycles. The van der Waals surface area contributed by atoms with Crippen molar-refractivity contribution in [3.63, 3.8) is 0 Å². The maximum Gasteiger partial charge on any atom is 0.131 e. The molecular weight excluding hydrogens is 220 g/mol. The Bertz CT molecular complexity index is 326. The quantitative estimate of drug-likeness (QED) is 0.556. The van der Waals surface area contributed by atoms with Crippen LogP contribution in [0.15, 0.2) is 12.3 Å². The van der Waals surface area contributed by atoms with Crippen LogP contribution in [0, 0.1) is 6.92 Å². The van der Waals surface area contributed by atoms with Gasteiger partial charge in [-0.1, -0.05) is 19.8 Å². The average molecular weight is 241 g/mol. The highest BCUT2D eigenvalue weighted by atomic mass is 35.5. The van der Waals surface area contributed by atoms with Gasteiger partial charge in [-0.05, 0) is 30.5 Å². The predicted molar refractivity (Wildman–Crippen MR) is 71.3 cm³/mol. The Morgan fingerprint density at radius 1 is 1.38 bits per heavy atom. The summed E-state index contributed by atoms with van der Waals surface area (Å²) < 4.78 is 0. The topological polar surface area (TPSA) is 16.1 Å². The lowest BCUT2D eigenvalue weighted by Crippen LogP contribution is -2.20. The van der Waals surface area contributed by atoms with Crippen molar-refractivity contribution in [2.24, 2.45) is 0 Å². The summed E-state index contributed by atoms with van der Waals surface area (Å²) in [5.41, 5.74) is 2.29. The molecule has 16 heavy (non-hydrogen) atoms. The van der Waals surface area contributed by atoms with Gasteiger partial charge in [0.2, 0.25) is 0 Å². The van der Waals surface area contributed by atoms with E-state index in [4.69, 9.17) is 11.6 Å². The van der Waals surface area contributed by atoms with E-state index in [-0.39, 0.29) is 0 Å². The molecule has 0 radical (unpaired) electrons. The van der Waals surface area contributed by atoms with E-state index in [1.54, 1.807) is 0 Å². The number of rotatable bonds is 6. The summed E-state index contributed by atoms with van der Waals surface area (Å²) in [5, 5.41) is 0. The standard InChI is InChI=1S/C13H21ClN2/c1-4-5-6-7-16(3)13-11(2)8-12(9-14)10-15-13/h8,10H,4-7,9H2,1-3H3. The van der Waals surface area contributed by atoms with Gasteiger partial charge in [0.1, 0.15) is 5.82 Å². The SMILES string of the molecule is CCCCCN(C)c1ncc(CCl)cc1C. The Balaban J connectivity index is 2.64. The molecule has 0 unspecified atom stereocenters. The second kappa shape index (κ2) is 6.74. The van der Waals surface area contributed by atoms with Crippen molar-refractivity contribution in [2.45, 2.75) is 39.0 Å². The third-order valence-corrected chi connectivity index (χ3v) is 3.03. The molecule has 0 atom stereocenters. The minimum absolute atomic E-state index is 0.535. The van der Waals surface area contributed by atoms with Gasteiger partial charge in [0.15, 0.2) is 0 Å². The summed E-state index contributed by atoms with van der Waals surface area (Å²) in [7, 11) is 2.10. The van der Waals surface area contributed by atoms with E-state index in [1.807, 2.05) is 6.20 Å². The fourth-order valence-electron chi connectivity index (χ4n) is 1.80. The van der Waals surface area contributed by atoms with Crippen LogP contribution in [0.4, 0.5) is 5.82 Å². The molecule has 0 amide bonds. The molecule has 90 valence electrons. The van der Waals surface area contributed by atoms with Gasteiger partial charge < -0.3 is 4.90 Å². The first-order valence-corrected chi connectivity index (χ1v) is 6.45. The van der Waals surface area contributed by atoms with Crippen LogP contribution >= 0.6 is 11.6 Å². The summed E-state index contributed by atoms with van der Waals surface area (Å²) in [6.45, 7) is 5.38. The molecule has 0 saturated carbocycles. The highest BCUT2D eigenvalue weighted by Crippen LogP contribution is 2.18. The fourth-order valence-corrected chi connectivity index (χ4v) is 1.95. The molecule has 1 rings (SSSR count). The number of aryl methyl sites for hydroxylation is 1. The summed E-state index contributed by atoms with van der Waals surface area (Å²) in [6, 6.07) is 2.12. The second-order valence-corrected chi connectivity index (χ2v) is 4.51. The molecule has 0 N–H and O–H groups in total. The lowest BCUT2D eigenvalue weighted by molar-refractivity contribution is 0.700. The van der Waals surface area contributed by atoms with E-state index in [0.717, 1.165) is 17.9 Å². The molecule has 0 aromatic carbocycles. The molecule has 0 aliphatic heterocycles.